The zero-order chi connectivity index (χ0) is 29.7. The fourth-order valence-corrected chi connectivity index (χ4v) is 6.06. The van der Waals surface area contributed by atoms with Crippen molar-refractivity contribution in [2.24, 2.45) is 0 Å². The van der Waals surface area contributed by atoms with E-state index in [2.05, 4.69) is 132 Å². The predicted molar refractivity (Wildman–Crippen MR) is 182 cm³/mol. The molecule has 208 valence electrons. The lowest BCUT2D eigenvalue weighted by Crippen LogP contribution is -1.93. The molecule has 0 fully saturated rings. The van der Waals surface area contributed by atoms with Crippen LogP contribution in [0.1, 0.15) is 27.8 Å². The van der Waals surface area contributed by atoms with Crippen LogP contribution in [0.15, 0.2) is 116 Å². The van der Waals surface area contributed by atoms with Crippen LogP contribution in [0.5, 0.6) is 0 Å². The van der Waals surface area contributed by atoms with Gasteiger partial charge in [0.2, 0.25) is 0 Å². The Balaban J connectivity index is 1.50. The smallest absolute Gasteiger partial charge is 0.0714 e. The molecule has 0 aliphatic carbocycles. The molecular formula is C41H34N2. The van der Waals surface area contributed by atoms with Gasteiger partial charge in [-0.05, 0) is 138 Å². The number of aryl methyl sites for hydroxylation is 5. The molecule has 0 atom stereocenters. The molecule has 0 saturated carbocycles. The van der Waals surface area contributed by atoms with Crippen molar-refractivity contribution in [1.82, 2.24) is 9.97 Å². The molecule has 7 aromatic rings. The van der Waals surface area contributed by atoms with Gasteiger partial charge < -0.3 is 0 Å². The highest BCUT2D eigenvalue weighted by molar-refractivity contribution is 6.13. The van der Waals surface area contributed by atoms with Gasteiger partial charge in [-0.3, -0.25) is 9.97 Å². The summed E-state index contributed by atoms with van der Waals surface area (Å²) in [7, 11) is 0. The largest absolute Gasteiger partial charge is 0.256 e. The van der Waals surface area contributed by atoms with Crippen LogP contribution in [0.2, 0.25) is 0 Å². The zero-order valence-corrected chi connectivity index (χ0v) is 25.4. The van der Waals surface area contributed by atoms with E-state index in [0.29, 0.717) is 0 Å². The van der Waals surface area contributed by atoms with Gasteiger partial charge in [0.05, 0.1) is 11.2 Å². The topological polar surface area (TPSA) is 25.8 Å². The van der Waals surface area contributed by atoms with Gasteiger partial charge in [0, 0.05) is 23.3 Å². The number of pyridine rings is 2. The van der Waals surface area contributed by atoms with Gasteiger partial charge in [0.25, 0.3) is 0 Å². The SMILES string of the molecule is Cc1ccc(-c2cc(-c3cc(-c4cc(C)c(C)cn4)ccc3C)cc(-c3cc4ncccc4c4ccc(C)cc34)c2)cc1. The molecule has 0 aliphatic rings. The minimum atomic E-state index is 1.00. The van der Waals surface area contributed by atoms with Crippen LogP contribution < -0.4 is 0 Å². The summed E-state index contributed by atoms with van der Waals surface area (Å²) in [5.74, 6) is 0. The van der Waals surface area contributed by atoms with Gasteiger partial charge >= 0.3 is 0 Å². The number of rotatable bonds is 4. The Kier molecular flexibility index (Phi) is 6.63. The third-order valence-corrected chi connectivity index (χ3v) is 8.72. The van der Waals surface area contributed by atoms with Gasteiger partial charge in [0.15, 0.2) is 0 Å². The summed E-state index contributed by atoms with van der Waals surface area (Å²) in [5, 5.41) is 3.66. The molecule has 0 radical (unpaired) electrons. The number of nitrogens with zero attached hydrogens (tertiary/aromatic N) is 2. The zero-order valence-electron chi connectivity index (χ0n) is 25.4. The quantitative estimate of drug-likeness (QED) is 0.202. The average Bonchev–Trinajstić information content (AvgIpc) is 3.02. The van der Waals surface area contributed by atoms with Crippen LogP contribution in [0.3, 0.4) is 0 Å². The van der Waals surface area contributed by atoms with Gasteiger partial charge in [0.1, 0.15) is 0 Å². The number of benzene rings is 5. The van der Waals surface area contributed by atoms with E-state index in [9.17, 15) is 0 Å². The Morgan fingerprint density at radius 2 is 1.14 bits per heavy atom. The summed E-state index contributed by atoms with van der Waals surface area (Å²) in [6.07, 6.45) is 3.86. The van der Waals surface area contributed by atoms with Crippen LogP contribution in [0.25, 0.3) is 66.3 Å². The van der Waals surface area contributed by atoms with E-state index in [0.717, 1.165) is 16.8 Å². The molecule has 0 aliphatic heterocycles. The van der Waals surface area contributed by atoms with E-state index in [1.54, 1.807) is 0 Å². The van der Waals surface area contributed by atoms with E-state index in [-0.39, 0.29) is 0 Å². The fraction of sp³-hybridized carbons (Fsp3) is 0.122. The van der Waals surface area contributed by atoms with Crippen LogP contribution in [0.4, 0.5) is 0 Å². The molecule has 0 unspecified atom stereocenters. The van der Waals surface area contributed by atoms with Crippen molar-refractivity contribution in [2.45, 2.75) is 34.6 Å². The van der Waals surface area contributed by atoms with Crippen LogP contribution >= 0.6 is 0 Å². The molecule has 0 amide bonds. The second-order valence-electron chi connectivity index (χ2n) is 11.9. The lowest BCUT2D eigenvalue weighted by Gasteiger charge is -2.16. The highest BCUT2D eigenvalue weighted by atomic mass is 14.7. The summed E-state index contributed by atoms with van der Waals surface area (Å²) in [4.78, 5) is 9.55. The molecule has 2 heterocycles. The van der Waals surface area contributed by atoms with E-state index in [1.807, 2.05) is 18.5 Å². The molecule has 43 heavy (non-hydrogen) atoms. The molecule has 2 heteroatoms. The number of hydrogen-bond acceptors (Lipinski definition) is 2. The van der Waals surface area contributed by atoms with Crippen molar-refractivity contribution in [1.29, 1.82) is 0 Å². The fourth-order valence-electron chi connectivity index (χ4n) is 6.06. The monoisotopic (exact) mass is 554 g/mol. The van der Waals surface area contributed by atoms with Gasteiger partial charge in [-0.25, -0.2) is 0 Å². The molecule has 2 aromatic heterocycles. The molecule has 0 N–H and O–H groups in total. The first kappa shape index (κ1) is 26.8. The predicted octanol–water partition coefficient (Wildman–Crippen LogP) is 11.0. The first-order valence-electron chi connectivity index (χ1n) is 14.9. The maximum Gasteiger partial charge on any atom is 0.0714 e. The second kappa shape index (κ2) is 10.6. The molecule has 0 spiro atoms. The Labute approximate surface area is 253 Å². The highest BCUT2D eigenvalue weighted by Gasteiger charge is 2.15. The van der Waals surface area contributed by atoms with E-state index in [4.69, 9.17) is 9.97 Å². The Morgan fingerprint density at radius 3 is 1.93 bits per heavy atom. The average molecular weight is 555 g/mol. The summed E-state index contributed by atoms with van der Waals surface area (Å²) in [6, 6.07) is 38.0. The normalized spacial score (nSPS) is 11.4. The molecule has 0 saturated heterocycles. The third-order valence-electron chi connectivity index (χ3n) is 8.72. The van der Waals surface area contributed by atoms with Crippen molar-refractivity contribution in [3.05, 3.63) is 143 Å². The number of hydrogen-bond donors (Lipinski definition) is 0. The Hall–Kier alpha value is -5.08. The van der Waals surface area contributed by atoms with Gasteiger partial charge in [-0.1, -0.05) is 71.8 Å². The van der Waals surface area contributed by atoms with Gasteiger partial charge in [-0.2, -0.15) is 0 Å². The first-order valence-corrected chi connectivity index (χ1v) is 14.9. The van der Waals surface area contributed by atoms with Crippen LogP contribution in [0, 0.1) is 34.6 Å². The molecular weight excluding hydrogens is 520 g/mol. The van der Waals surface area contributed by atoms with Crippen molar-refractivity contribution in [2.75, 3.05) is 0 Å². The van der Waals surface area contributed by atoms with Crippen molar-refractivity contribution < 1.29 is 0 Å². The van der Waals surface area contributed by atoms with E-state index in [1.165, 1.54) is 77.4 Å². The van der Waals surface area contributed by atoms with Crippen molar-refractivity contribution in [3.63, 3.8) is 0 Å². The first-order chi connectivity index (χ1) is 20.8. The number of aromatic nitrogens is 2. The molecule has 2 nitrogen and oxygen atoms in total. The van der Waals surface area contributed by atoms with Crippen LogP contribution in [-0.2, 0) is 0 Å². The van der Waals surface area contributed by atoms with E-state index < -0.39 is 0 Å². The molecule has 0 bridgehead atoms. The number of fused-ring (bicyclic) bond motifs is 3. The Morgan fingerprint density at radius 1 is 0.419 bits per heavy atom. The standard InChI is InChI=1S/C41H34N2/c1-25-8-12-30(13-9-25)32-19-33(37-22-31(14-11-27(37)3)40-18-28(4)29(5)24-43-40)21-34(20-32)38-23-41-36(7-6-16-42-41)35-15-10-26(2)17-39(35)38/h6-24H,1-5H3. The maximum atomic E-state index is 4.78. The second-order valence-corrected chi connectivity index (χ2v) is 11.9. The highest BCUT2D eigenvalue weighted by Crippen LogP contribution is 2.40. The summed E-state index contributed by atoms with van der Waals surface area (Å²) < 4.78 is 0. The Bertz CT molecular complexity index is 2170. The minimum Gasteiger partial charge on any atom is -0.256 e. The lowest BCUT2D eigenvalue weighted by atomic mass is 9.88. The van der Waals surface area contributed by atoms with Crippen molar-refractivity contribution >= 4 is 21.7 Å². The summed E-state index contributed by atoms with van der Waals surface area (Å²) in [6.45, 7) is 10.8. The molecule has 7 rings (SSSR count). The van der Waals surface area contributed by atoms with E-state index >= 15 is 0 Å². The summed E-state index contributed by atoms with van der Waals surface area (Å²) >= 11 is 0. The lowest BCUT2D eigenvalue weighted by molar-refractivity contribution is 1.22. The molecule has 5 aromatic carbocycles. The minimum absolute atomic E-state index is 1.00. The van der Waals surface area contributed by atoms with Gasteiger partial charge in [-0.15, -0.1) is 0 Å². The third kappa shape index (κ3) is 5.00. The maximum absolute atomic E-state index is 4.78. The summed E-state index contributed by atoms with van der Waals surface area (Å²) in [5.41, 5.74) is 16.5. The van der Waals surface area contributed by atoms with Crippen LogP contribution in [-0.4, -0.2) is 9.97 Å². The van der Waals surface area contributed by atoms with Crippen molar-refractivity contribution in [3.8, 4) is 44.6 Å².